The Bertz CT molecular complexity index is 1130. The van der Waals surface area contributed by atoms with Crippen LogP contribution in [0, 0.1) is 23.0 Å². The quantitative estimate of drug-likeness (QED) is 0.540. The van der Waals surface area contributed by atoms with Crippen molar-refractivity contribution in [1.82, 2.24) is 4.90 Å². The monoisotopic (exact) mass is 478 g/mol. The third-order valence-electron chi connectivity index (χ3n) is 6.16. The maximum Gasteiger partial charge on any atom is 0.321 e. The van der Waals surface area contributed by atoms with Gasteiger partial charge in [0.1, 0.15) is 23.1 Å². The molecule has 4 atom stereocenters. The van der Waals surface area contributed by atoms with Gasteiger partial charge in [0, 0.05) is 29.1 Å². The van der Waals surface area contributed by atoms with Gasteiger partial charge in [0.15, 0.2) is 0 Å². The Balaban J connectivity index is 2.39. The molecule has 1 fully saturated rings. The second-order valence-electron chi connectivity index (χ2n) is 8.16. The van der Waals surface area contributed by atoms with Crippen molar-refractivity contribution in [3.63, 3.8) is 0 Å². The van der Waals surface area contributed by atoms with Crippen molar-refractivity contribution >= 4 is 29.2 Å². The van der Waals surface area contributed by atoms with Gasteiger partial charge in [-0.05, 0) is 44.5 Å². The van der Waals surface area contributed by atoms with Crippen molar-refractivity contribution in [3.8, 4) is 6.07 Å². The average Bonchev–Trinajstić information content (AvgIpc) is 2.97. The van der Waals surface area contributed by atoms with Gasteiger partial charge in [-0.15, -0.1) is 0 Å². The van der Waals surface area contributed by atoms with E-state index in [-0.39, 0.29) is 27.7 Å². The number of halogens is 4. The predicted octanol–water partition coefficient (Wildman–Crippen LogP) is 5.94. The molecular weight excluding hydrogens is 457 g/mol. The van der Waals surface area contributed by atoms with Crippen LogP contribution in [0.2, 0.25) is 10.0 Å². The van der Waals surface area contributed by atoms with Crippen LogP contribution in [0.15, 0.2) is 48.0 Å². The standard InChI is InChI=1S/C24H22Cl2F2N2O2/c1-13(2)9-10-30-14(3)24(12-29,17-8-7-15(25)11-19(17)27)20(22(30)23(31)32)16-5-4-6-18(26)21(16)28/h4-9,11,14,20,22H,10H2,1-3H3,(H,31,32)/t14?,20-,22+,24+/m0/s1. The molecule has 0 saturated carbocycles. The van der Waals surface area contributed by atoms with Crippen LogP contribution in [0.5, 0.6) is 0 Å². The number of rotatable bonds is 5. The van der Waals surface area contributed by atoms with E-state index in [2.05, 4.69) is 6.07 Å². The van der Waals surface area contributed by atoms with E-state index < -0.39 is 41.0 Å². The van der Waals surface area contributed by atoms with Gasteiger partial charge >= 0.3 is 5.97 Å². The molecule has 2 aromatic rings. The zero-order chi connectivity index (χ0) is 23.8. The highest BCUT2D eigenvalue weighted by Crippen LogP contribution is 2.54. The minimum Gasteiger partial charge on any atom is -0.480 e. The first kappa shape index (κ1) is 24.2. The van der Waals surface area contributed by atoms with E-state index in [0.29, 0.717) is 0 Å². The molecule has 168 valence electrons. The number of nitrogens with zero attached hydrogens (tertiary/aromatic N) is 2. The largest absolute Gasteiger partial charge is 0.480 e. The van der Waals surface area contributed by atoms with E-state index >= 15 is 8.78 Å². The minimum absolute atomic E-state index is 0.0350. The Morgan fingerprint density at radius 3 is 2.53 bits per heavy atom. The van der Waals surface area contributed by atoms with Gasteiger partial charge in [0.25, 0.3) is 0 Å². The van der Waals surface area contributed by atoms with Crippen molar-refractivity contribution in [3.05, 3.63) is 80.9 Å². The maximum absolute atomic E-state index is 15.2. The van der Waals surface area contributed by atoms with Crippen molar-refractivity contribution < 1.29 is 18.7 Å². The van der Waals surface area contributed by atoms with E-state index in [1.165, 1.54) is 30.3 Å². The Hall–Kier alpha value is -2.46. The fourth-order valence-corrected chi connectivity index (χ4v) is 5.00. The predicted molar refractivity (Wildman–Crippen MR) is 120 cm³/mol. The Labute approximate surface area is 195 Å². The molecule has 1 N–H and O–H groups in total. The molecular formula is C24H22Cl2F2N2O2. The van der Waals surface area contributed by atoms with Gasteiger partial charge in [-0.3, -0.25) is 9.69 Å². The van der Waals surface area contributed by atoms with E-state index in [1.807, 2.05) is 19.9 Å². The Kier molecular flexibility index (Phi) is 6.94. The highest BCUT2D eigenvalue weighted by molar-refractivity contribution is 6.31. The van der Waals surface area contributed by atoms with E-state index in [0.717, 1.165) is 11.6 Å². The molecule has 0 aromatic heterocycles. The van der Waals surface area contributed by atoms with Gasteiger partial charge < -0.3 is 5.11 Å². The van der Waals surface area contributed by atoms with Crippen LogP contribution in [0.3, 0.4) is 0 Å². The van der Waals surface area contributed by atoms with Gasteiger partial charge in [-0.1, -0.05) is 53.1 Å². The maximum atomic E-state index is 15.2. The molecule has 1 saturated heterocycles. The molecule has 0 bridgehead atoms. The molecule has 2 aromatic carbocycles. The van der Waals surface area contributed by atoms with Crippen molar-refractivity contribution in [2.45, 2.75) is 44.2 Å². The highest BCUT2D eigenvalue weighted by atomic mass is 35.5. The summed E-state index contributed by atoms with van der Waals surface area (Å²) in [7, 11) is 0. The van der Waals surface area contributed by atoms with Crippen LogP contribution in [-0.4, -0.2) is 34.6 Å². The molecule has 1 aliphatic rings. The molecule has 32 heavy (non-hydrogen) atoms. The Morgan fingerprint density at radius 1 is 1.28 bits per heavy atom. The summed E-state index contributed by atoms with van der Waals surface area (Å²) < 4.78 is 30.5. The molecule has 4 nitrogen and oxygen atoms in total. The minimum atomic E-state index is -1.72. The summed E-state index contributed by atoms with van der Waals surface area (Å²) >= 11 is 11.9. The zero-order valence-electron chi connectivity index (χ0n) is 17.7. The molecule has 8 heteroatoms. The second-order valence-corrected chi connectivity index (χ2v) is 9.01. The average molecular weight is 479 g/mol. The zero-order valence-corrected chi connectivity index (χ0v) is 19.3. The molecule has 1 aliphatic heterocycles. The Morgan fingerprint density at radius 2 is 1.97 bits per heavy atom. The number of carboxylic acids is 1. The van der Waals surface area contributed by atoms with Crippen LogP contribution in [-0.2, 0) is 10.2 Å². The lowest BCUT2D eigenvalue weighted by molar-refractivity contribution is -0.142. The lowest BCUT2D eigenvalue weighted by Gasteiger charge is -2.34. The third kappa shape index (κ3) is 3.90. The number of nitriles is 1. The van der Waals surface area contributed by atoms with Crippen molar-refractivity contribution in [2.75, 3.05) is 6.54 Å². The fourth-order valence-electron chi connectivity index (χ4n) is 4.66. The van der Waals surface area contributed by atoms with E-state index in [9.17, 15) is 15.2 Å². The summed E-state index contributed by atoms with van der Waals surface area (Å²) in [6.45, 7) is 5.58. The SMILES string of the molecule is CC(C)=CCN1C(C)[C@](C#N)(c2ccc(Cl)cc2F)[C@@H](c2cccc(Cl)c2F)[C@@H]1C(=O)O. The van der Waals surface area contributed by atoms with Gasteiger partial charge in [0.05, 0.1) is 11.1 Å². The van der Waals surface area contributed by atoms with Crippen LogP contribution < -0.4 is 0 Å². The van der Waals surface area contributed by atoms with Gasteiger partial charge in [0.2, 0.25) is 0 Å². The molecule has 1 heterocycles. The summed E-state index contributed by atoms with van der Waals surface area (Å²) in [6, 6.07) is 8.22. The summed E-state index contributed by atoms with van der Waals surface area (Å²) in [4.78, 5) is 14.1. The summed E-state index contributed by atoms with van der Waals surface area (Å²) in [5.74, 6) is -4.06. The lowest BCUT2D eigenvalue weighted by atomic mass is 9.65. The molecule has 1 unspecified atom stereocenters. The normalized spacial score (nSPS) is 25.4. The van der Waals surface area contributed by atoms with E-state index in [1.54, 1.807) is 11.8 Å². The molecule has 0 spiro atoms. The number of benzene rings is 2. The first-order valence-electron chi connectivity index (χ1n) is 9.98. The number of hydrogen-bond donors (Lipinski definition) is 1. The molecule has 0 aliphatic carbocycles. The fraction of sp³-hybridized carbons (Fsp3) is 0.333. The highest BCUT2D eigenvalue weighted by Gasteiger charge is 2.63. The first-order chi connectivity index (χ1) is 15.1. The number of carboxylic acid groups (broad SMARTS) is 1. The topological polar surface area (TPSA) is 64.3 Å². The summed E-state index contributed by atoms with van der Waals surface area (Å²) in [5.41, 5.74) is -0.864. The molecule has 0 radical (unpaired) electrons. The summed E-state index contributed by atoms with van der Waals surface area (Å²) in [5, 5.41) is 20.6. The number of likely N-dealkylation sites (tertiary alicyclic amines) is 1. The van der Waals surface area contributed by atoms with Crippen molar-refractivity contribution in [2.24, 2.45) is 0 Å². The lowest BCUT2D eigenvalue weighted by Crippen LogP contribution is -2.43. The van der Waals surface area contributed by atoms with Crippen molar-refractivity contribution in [1.29, 1.82) is 5.26 Å². The smallest absolute Gasteiger partial charge is 0.321 e. The second kappa shape index (κ2) is 9.19. The van der Waals surface area contributed by atoms with Crippen LogP contribution >= 0.6 is 23.2 Å². The number of hydrogen-bond acceptors (Lipinski definition) is 3. The number of aliphatic carboxylic acids is 1. The first-order valence-corrected chi connectivity index (χ1v) is 10.7. The van der Waals surface area contributed by atoms with Crippen LogP contribution in [0.4, 0.5) is 8.78 Å². The molecule has 0 amide bonds. The molecule has 3 rings (SSSR count). The number of carbonyl (C=O) groups is 1. The van der Waals surface area contributed by atoms with Gasteiger partial charge in [-0.25, -0.2) is 8.78 Å². The van der Waals surface area contributed by atoms with E-state index in [4.69, 9.17) is 23.2 Å². The third-order valence-corrected chi connectivity index (χ3v) is 6.69. The number of allylic oxidation sites excluding steroid dienone is 1. The van der Waals surface area contributed by atoms with Gasteiger partial charge in [-0.2, -0.15) is 5.26 Å². The van der Waals surface area contributed by atoms with Crippen LogP contribution in [0.1, 0.15) is 37.8 Å². The van der Waals surface area contributed by atoms with Crippen LogP contribution in [0.25, 0.3) is 0 Å². The summed E-state index contributed by atoms with van der Waals surface area (Å²) in [6.07, 6.45) is 1.82.